The monoisotopic (exact) mass is 1540 g/mol. The van der Waals surface area contributed by atoms with E-state index in [0.29, 0.717) is 58.2 Å². The van der Waals surface area contributed by atoms with E-state index in [0.717, 1.165) is 78.5 Å². The van der Waals surface area contributed by atoms with E-state index in [9.17, 15) is 19.2 Å². The van der Waals surface area contributed by atoms with Gasteiger partial charge in [-0.2, -0.15) is 19.3 Å². The Hall–Kier alpha value is -11.9. The minimum Gasteiger partial charge on any atom is -0.378 e. The quantitative estimate of drug-likeness (QED) is 0.0472. The highest BCUT2D eigenvalue weighted by atomic mass is 32.2. The van der Waals surface area contributed by atoms with Crippen LogP contribution in [0.3, 0.4) is 0 Å². The van der Waals surface area contributed by atoms with E-state index in [4.69, 9.17) is 10.00 Å². The molecule has 1 fully saturated rings. The Kier molecular flexibility index (Phi) is 27.9. The van der Waals surface area contributed by atoms with Crippen molar-refractivity contribution < 1.29 is 23.9 Å². The van der Waals surface area contributed by atoms with Crippen molar-refractivity contribution in [1.29, 1.82) is 5.26 Å². The first kappa shape index (κ1) is 79.2. The summed E-state index contributed by atoms with van der Waals surface area (Å²) < 4.78 is 12.3. The predicted octanol–water partition coefficient (Wildman–Crippen LogP) is 13.9. The summed E-state index contributed by atoms with van der Waals surface area (Å²) in [6, 6.07) is 63.1. The SMILES string of the molecule is CNC(=O)NC(=O)C(Sc1nnnn1-c1cc(C)ccc1C)C1C=C=CC=C1.Cc1ccc(-n2cnnc2SC(C(=O)N2CCOCC2)c2ccccc2)cc1.Cc1ccc(-n2nnnc2SC(C(=O)Nc2cc(C)ccc2C)c2ccccc2)c(C)c1.Cc1cccc(-n2nnnc2SCc2ccccc2C#N)c1. The van der Waals surface area contributed by atoms with Crippen LogP contribution < -0.4 is 16.0 Å². The molecule has 3 N–H and O–H groups in total. The molecule has 0 saturated carbocycles. The summed E-state index contributed by atoms with van der Waals surface area (Å²) in [5, 5.41) is 62.4. The molecular weight excluding hydrogens is 1460 g/mol. The Morgan fingerprint density at radius 1 is 0.564 bits per heavy atom. The number of amides is 5. The van der Waals surface area contributed by atoms with Crippen molar-refractivity contribution in [3.8, 4) is 28.8 Å². The van der Waals surface area contributed by atoms with Gasteiger partial charge in [0, 0.05) is 43.2 Å². The van der Waals surface area contributed by atoms with Crippen LogP contribution in [0.15, 0.2) is 245 Å². The number of imide groups is 1. The van der Waals surface area contributed by atoms with Gasteiger partial charge >= 0.3 is 6.03 Å². The maximum absolute atomic E-state index is 13.5. The molecule has 0 spiro atoms. The van der Waals surface area contributed by atoms with Crippen LogP contribution in [-0.2, 0) is 24.9 Å². The number of allylic oxidation sites excluding steroid dienone is 3. The van der Waals surface area contributed by atoms with Crippen LogP contribution in [-0.4, -0.2) is 143 Å². The fourth-order valence-electron chi connectivity index (χ4n) is 11.4. The Morgan fingerprint density at radius 2 is 1.16 bits per heavy atom. The number of aryl methyl sites for hydroxylation is 8. The van der Waals surface area contributed by atoms with E-state index in [1.54, 1.807) is 32.5 Å². The number of nitriles is 1. The van der Waals surface area contributed by atoms with Crippen LogP contribution in [0, 0.1) is 72.6 Å². The van der Waals surface area contributed by atoms with Gasteiger partial charge in [-0.3, -0.25) is 24.3 Å². The molecule has 29 heteroatoms. The van der Waals surface area contributed by atoms with Crippen molar-refractivity contribution in [3.63, 3.8) is 0 Å². The average molecular weight is 1540 g/mol. The molecule has 8 aromatic carbocycles. The van der Waals surface area contributed by atoms with Crippen molar-refractivity contribution in [2.75, 3.05) is 38.7 Å². The summed E-state index contributed by atoms with van der Waals surface area (Å²) in [5.74, 6) is -0.0865. The lowest BCUT2D eigenvalue weighted by Gasteiger charge is -2.30. The summed E-state index contributed by atoms with van der Waals surface area (Å²) >= 11 is 5.48. The second-order valence-electron chi connectivity index (χ2n) is 25.5. The van der Waals surface area contributed by atoms with Crippen LogP contribution in [0.2, 0.25) is 0 Å². The smallest absolute Gasteiger partial charge is 0.321 e. The highest BCUT2D eigenvalue weighted by molar-refractivity contribution is 8.00. The lowest BCUT2D eigenvalue weighted by atomic mass is 10.0. The van der Waals surface area contributed by atoms with E-state index in [2.05, 4.69) is 117 Å². The normalized spacial score (nSPS) is 13.5. The molecule has 0 bridgehead atoms. The average Bonchev–Trinajstić information content (AvgIpc) is 1.64. The van der Waals surface area contributed by atoms with Crippen molar-refractivity contribution in [1.82, 2.24) is 90.9 Å². The number of hydrogen-bond acceptors (Lipinski definition) is 21. The number of tetrazole rings is 3. The summed E-state index contributed by atoms with van der Waals surface area (Å²) in [5.41, 5.74) is 19.7. The Morgan fingerprint density at radius 3 is 1.84 bits per heavy atom. The molecule has 4 unspecified atom stereocenters. The molecule has 0 radical (unpaired) electrons. The van der Waals surface area contributed by atoms with Crippen LogP contribution >= 0.6 is 47.0 Å². The van der Waals surface area contributed by atoms with Crippen LogP contribution in [0.25, 0.3) is 22.7 Å². The summed E-state index contributed by atoms with van der Waals surface area (Å²) in [6.07, 6.45) is 8.93. The molecule has 558 valence electrons. The van der Waals surface area contributed by atoms with Crippen LogP contribution in [0.4, 0.5) is 10.5 Å². The number of anilines is 1. The molecule has 4 atom stereocenters. The number of rotatable bonds is 20. The number of morpholine rings is 1. The van der Waals surface area contributed by atoms with Gasteiger partial charge in [0.25, 0.3) is 0 Å². The Labute approximate surface area is 654 Å². The number of hydrogen-bond donors (Lipinski definition) is 3. The minimum atomic E-state index is -0.649. The fraction of sp³-hybridized carbons (Fsp3) is 0.222. The first-order chi connectivity index (χ1) is 53.4. The van der Waals surface area contributed by atoms with E-state index >= 15 is 0 Å². The third-order valence-corrected chi connectivity index (χ3v) is 21.9. The first-order valence-electron chi connectivity index (χ1n) is 35.0. The standard InChI is InChI=1S/C25H25N5OS.C21H22N4O2S.C19H20N6O2S.C16H13N5S/c1-16-11-13-22(19(4)14-16)30-25(27-28-29-30)32-23(20-8-6-5-7-9-20)24(31)26-21-15-17(2)10-12-18(21)3;1-16-7-9-18(10-8-16)25-15-22-23-21(25)28-19(17-5-3-2-4-6-17)20(26)24-11-13-27-14-12-24;1-12-9-10-13(2)15(11-12)25-19(22-23-24-25)28-16(14-7-5-4-6-8-14)17(26)21-18(27)20-3;1-12-5-4-8-15(9-12)21-16(18-19-20-21)22-11-14-7-3-2-6-13(14)10-17/h5-15,23H,1-4H3,(H,26,31);2-10,15,19H,11-14H2,1H3;4-5,7-11,14,16H,1-3H3,(H2,20,21,26,27);2-9H,11H2,1H3. The number of carbonyl (C=O) groups excluding carboxylic acids is 4. The van der Waals surface area contributed by atoms with Crippen molar-refractivity contribution in [3.05, 3.63) is 291 Å². The highest BCUT2D eigenvalue weighted by Crippen LogP contribution is 2.39. The molecular formula is C81H80N20O5S4. The number of ether oxygens (including phenoxy) is 1. The van der Waals surface area contributed by atoms with Gasteiger partial charge in [0.2, 0.25) is 33.2 Å². The summed E-state index contributed by atoms with van der Waals surface area (Å²) in [4.78, 5) is 53.0. The second kappa shape index (κ2) is 38.8. The van der Waals surface area contributed by atoms with Crippen LogP contribution in [0.1, 0.15) is 77.3 Å². The number of nitrogens with zero attached hydrogens (tertiary/aromatic N) is 17. The predicted molar refractivity (Wildman–Crippen MR) is 428 cm³/mol. The van der Waals surface area contributed by atoms with Crippen molar-refractivity contribution in [2.45, 2.75) is 97.5 Å². The molecule has 25 nitrogen and oxygen atoms in total. The fourth-order valence-corrected chi connectivity index (χ4v) is 15.4. The van der Waals surface area contributed by atoms with Crippen molar-refractivity contribution in [2.24, 2.45) is 5.92 Å². The van der Waals surface area contributed by atoms with Gasteiger partial charge in [-0.05, 0) is 197 Å². The topological polar surface area (TPSA) is 302 Å². The molecule has 12 aromatic rings. The number of urea groups is 1. The summed E-state index contributed by atoms with van der Waals surface area (Å²) in [7, 11) is 1.45. The van der Waals surface area contributed by atoms with E-state index < -0.39 is 22.4 Å². The van der Waals surface area contributed by atoms with Gasteiger partial charge in [0.05, 0.1) is 41.9 Å². The number of thioether (sulfide) groups is 4. The lowest BCUT2D eigenvalue weighted by Crippen LogP contribution is -2.44. The molecule has 5 amide bonds. The first-order valence-corrected chi connectivity index (χ1v) is 38.7. The molecule has 14 rings (SSSR count). The van der Waals surface area contributed by atoms with Gasteiger partial charge < -0.3 is 20.3 Å². The lowest BCUT2D eigenvalue weighted by molar-refractivity contribution is -0.134. The number of aromatic nitrogens is 15. The number of benzene rings is 8. The highest BCUT2D eigenvalue weighted by Gasteiger charge is 2.33. The molecule has 1 aliphatic heterocycles. The number of nitrogens with one attached hydrogen (secondary N) is 3. The van der Waals surface area contributed by atoms with Gasteiger partial charge in [0.15, 0.2) is 5.16 Å². The zero-order valence-corrected chi connectivity index (χ0v) is 65.2. The maximum atomic E-state index is 13.5. The second-order valence-corrected chi connectivity index (χ2v) is 29.7. The molecule has 5 heterocycles. The van der Waals surface area contributed by atoms with Gasteiger partial charge in [-0.25, -0.2) is 4.79 Å². The number of carbonyl (C=O) groups is 4. The van der Waals surface area contributed by atoms with E-state index in [-0.39, 0.29) is 23.0 Å². The molecule has 1 saturated heterocycles. The zero-order valence-electron chi connectivity index (χ0n) is 61.9. The molecule has 4 aromatic heterocycles. The van der Waals surface area contributed by atoms with Crippen LogP contribution in [0.5, 0.6) is 0 Å². The maximum Gasteiger partial charge on any atom is 0.321 e. The summed E-state index contributed by atoms with van der Waals surface area (Å²) in [6.45, 7) is 18.5. The van der Waals surface area contributed by atoms with E-state index in [1.165, 1.54) is 65.2 Å². The third kappa shape index (κ3) is 21.1. The molecule has 1 aliphatic carbocycles. The van der Waals surface area contributed by atoms with Gasteiger partial charge in [-0.15, -0.1) is 31.2 Å². The Balaban J connectivity index is 0.000000147. The Bertz CT molecular complexity index is 5300. The van der Waals surface area contributed by atoms with E-state index in [1.807, 2.05) is 233 Å². The van der Waals surface area contributed by atoms with Crippen molar-refractivity contribution >= 4 is 76.5 Å². The molecule has 2 aliphatic rings. The largest absolute Gasteiger partial charge is 0.378 e. The minimum absolute atomic E-state index is 0.0814. The van der Waals surface area contributed by atoms with Gasteiger partial charge in [0.1, 0.15) is 22.1 Å². The van der Waals surface area contributed by atoms with Gasteiger partial charge in [-0.1, -0.05) is 210 Å². The molecule has 110 heavy (non-hydrogen) atoms. The third-order valence-electron chi connectivity index (χ3n) is 17.3. The zero-order chi connectivity index (χ0) is 77.5.